The average Bonchev–Trinajstić information content (AvgIpc) is 2.72. The molecule has 0 N–H and O–H groups in total. The lowest BCUT2D eigenvalue weighted by Crippen LogP contribution is -2.22. The Hall–Kier alpha value is -2.32. The third-order valence-electron chi connectivity index (χ3n) is 6.50. The fourth-order valence-electron chi connectivity index (χ4n) is 4.82. The number of benzene rings is 1. The largest absolute Gasteiger partial charge is 0.193 e. The second-order valence-electron chi connectivity index (χ2n) is 7.96. The molecule has 0 radical (unpaired) electrons. The summed E-state index contributed by atoms with van der Waals surface area (Å²) >= 11 is 0. The van der Waals surface area contributed by atoms with Crippen molar-refractivity contribution in [2.75, 3.05) is 0 Å². The van der Waals surface area contributed by atoms with E-state index in [2.05, 4.69) is 36.9 Å². The van der Waals surface area contributed by atoms with E-state index in [0.717, 1.165) is 5.56 Å². The second kappa shape index (κ2) is 8.86. The lowest BCUT2D eigenvalue weighted by atomic mass is 9.70. The van der Waals surface area contributed by atoms with Crippen LogP contribution in [0.3, 0.4) is 0 Å². The van der Waals surface area contributed by atoms with Gasteiger partial charge in [0.2, 0.25) is 0 Å². The monoisotopic (exact) mass is 344 g/mol. The summed E-state index contributed by atoms with van der Waals surface area (Å²) in [6.45, 7) is 4.50. The summed E-state index contributed by atoms with van der Waals surface area (Å²) in [6.07, 6.45) is 13.5. The van der Waals surface area contributed by atoms with Crippen molar-refractivity contribution in [3.63, 3.8) is 0 Å². The first-order valence-corrected chi connectivity index (χ1v) is 9.96. The van der Waals surface area contributed by atoms with Crippen LogP contribution >= 0.6 is 0 Å². The normalized spacial score (nSPS) is 29.0. The molecule has 3 rings (SSSR count). The third kappa shape index (κ3) is 4.44. The number of nitrogens with zero attached hydrogens (tertiary/aromatic N) is 2. The Morgan fingerprint density at radius 2 is 1.46 bits per heavy atom. The minimum Gasteiger partial charge on any atom is -0.193 e. The smallest absolute Gasteiger partial charge is 0.0991 e. The molecule has 0 bridgehead atoms. The van der Waals surface area contributed by atoms with Gasteiger partial charge in [0.1, 0.15) is 0 Å². The van der Waals surface area contributed by atoms with Crippen molar-refractivity contribution in [3.05, 3.63) is 59.7 Å². The first-order chi connectivity index (χ1) is 12.7. The molecule has 1 aromatic rings. The minimum atomic E-state index is 0.589. The summed E-state index contributed by atoms with van der Waals surface area (Å²) in [5, 5.41) is 17.6. The molecule has 0 atom stereocenters. The van der Waals surface area contributed by atoms with E-state index in [1.165, 1.54) is 62.5 Å². The van der Waals surface area contributed by atoms with Crippen LogP contribution in [0, 0.1) is 40.4 Å². The molecule has 0 aromatic heterocycles. The van der Waals surface area contributed by atoms with E-state index in [-0.39, 0.29) is 0 Å². The van der Waals surface area contributed by atoms with Crippen LogP contribution < -0.4 is 0 Å². The predicted molar refractivity (Wildman–Crippen MR) is 105 cm³/mol. The Labute approximate surface area is 157 Å². The summed E-state index contributed by atoms with van der Waals surface area (Å²) in [6, 6.07) is 12.5. The van der Waals surface area contributed by atoms with Gasteiger partial charge in [-0.15, -0.1) is 0 Å². The van der Waals surface area contributed by atoms with Crippen LogP contribution in [-0.4, -0.2) is 0 Å². The predicted octanol–water partition coefficient (Wildman–Crippen LogP) is 6.27. The number of hydrogen-bond donors (Lipinski definition) is 0. The zero-order valence-electron chi connectivity index (χ0n) is 15.5. The van der Waals surface area contributed by atoms with Gasteiger partial charge in [0, 0.05) is 6.08 Å². The van der Waals surface area contributed by atoms with Crippen molar-refractivity contribution in [1.82, 2.24) is 0 Å². The highest BCUT2D eigenvalue weighted by Gasteiger charge is 2.29. The first-order valence-electron chi connectivity index (χ1n) is 9.96. The molecule has 0 heterocycles. The molecule has 2 nitrogen and oxygen atoms in total. The number of allylic oxidation sites excluding steroid dienone is 3. The lowest BCUT2D eigenvalue weighted by Gasteiger charge is -2.35. The Balaban J connectivity index is 1.49. The molecule has 0 saturated heterocycles. The summed E-state index contributed by atoms with van der Waals surface area (Å²) in [5.74, 6) is 2.59. The fraction of sp³-hybridized carbons (Fsp3) is 0.500. The van der Waals surface area contributed by atoms with Crippen LogP contribution in [0.5, 0.6) is 0 Å². The zero-order chi connectivity index (χ0) is 18.4. The van der Waals surface area contributed by atoms with Gasteiger partial charge in [-0.2, -0.15) is 10.5 Å². The van der Waals surface area contributed by atoms with E-state index in [4.69, 9.17) is 10.5 Å². The van der Waals surface area contributed by atoms with E-state index in [0.29, 0.717) is 23.7 Å². The van der Waals surface area contributed by atoms with Gasteiger partial charge in [-0.25, -0.2) is 0 Å². The van der Waals surface area contributed by atoms with Gasteiger partial charge < -0.3 is 0 Å². The Bertz CT molecular complexity index is 713. The van der Waals surface area contributed by atoms with Crippen molar-refractivity contribution in [2.24, 2.45) is 17.8 Å². The van der Waals surface area contributed by atoms with Crippen molar-refractivity contribution >= 4 is 0 Å². The number of rotatable bonds is 4. The molecule has 2 heteroatoms. The van der Waals surface area contributed by atoms with Gasteiger partial charge in [-0.3, -0.25) is 0 Å². The van der Waals surface area contributed by atoms with Crippen LogP contribution in [0.2, 0.25) is 0 Å². The number of nitriles is 2. The highest BCUT2D eigenvalue weighted by atomic mass is 14.3. The SMILES string of the molecule is C=C(C1CCC(/C=C/C#N)CC1)C1CCC(c2ccc(C#N)cc2)CC1. The molecule has 2 aliphatic carbocycles. The summed E-state index contributed by atoms with van der Waals surface area (Å²) in [5.41, 5.74) is 3.62. The second-order valence-corrected chi connectivity index (χ2v) is 7.96. The molecule has 134 valence electrons. The van der Waals surface area contributed by atoms with E-state index >= 15 is 0 Å². The molecule has 1 aromatic carbocycles. The van der Waals surface area contributed by atoms with Crippen LogP contribution in [0.1, 0.15) is 68.4 Å². The minimum absolute atomic E-state index is 0.589. The molecular formula is C24H28N2. The van der Waals surface area contributed by atoms with E-state index in [1.807, 2.05) is 12.1 Å². The molecule has 0 amide bonds. The van der Waals surface area contributed by atoms with E-state index < -0.39 is 0 Å². The first kappa shape index (κ1) is 18.5. The van der Waals surface area contributed by atoms with E-state index in [9.17, 15) is 0 Å². The highest BCUT2D eigenvalue weighted by Crippen LogP contribution is 2.43. The van der Waals surface area contributed by atoms with Crippen LogP contribution in [0.25, 0.3) is 0 Å². The maximum absolute atomic E-state index is 8.94. The molecule has 2 fully saturated rings. The van der Waals surface area contributed by atoms with Gasteiger partial charge in [0.15, 0.2) is 0 Å². The topological polar surface area (TPSA) is 47.6 Å². The summed E-state index contributed by atoms with van der Waals surface area (Å²) in [4.78, 5) is 0. The Morgan fingerprint density at radius 3 is 2.00 bits per heavy atom. The van der Waals surface area contributed by atoms with Crippen LogP contribution in [0.15, 0.2) is 48.6 Å². The number of hydrogen-bond acceptors (Lipinski definition) is 2. The van der Waals surface area contributed by atoms with Gasteiger partial charge in [0.25, 0.3) is 0 Å². The maximum atomic E-state index is 8.94. The standard InChI is InChI=1S/C24H28N2/c1-18(21-8-4-19(5-9-21)3-2-16-25)22-12-14-24(15-13-22)23-10-6-20(17-26)7-11-23/h2-3,6-7,10-11,19,21-22,24H,1,4-5,8-9,12-15H2/b3-2+. The molecule has 2 aliphatic rings. The Morgan fingerprint density at radius 1 is 0.885 bits per heavy atom. The molecule has 0 spiro atoms. The van der Waals surface area contributed by atoms with Crippen LogP contribution in [0.4, 0.5) is 0 Å². The van der Waals surface area contributed by atoms with E-state index in [1.54, 1.807) is 6.08 Å². The average molecular weight is 345 g/mol. The van der Waals surface area contributed by atoms with Gasteiger partial charge in [0.05, 0.1) is 17.7 Å². The fourth-order valence-corrected chi connectivity index (χ4v) is 4.82. The molecular weight excluding hydrogens is 316 g/mol. The molecule has 0 unspecified atom stereocenters. The summed E-state index contributed by atoms with van der Waals surface area (Å²) < 4.78 is 0. The van der Waals surface area contributed by atoms with Crippen molar-refractivity contribution in [1.29, 1.82) is 10.5 Å². The lowest BCUT2D eigenvalue weighted by molar-refractivity contribution is 0.290. The van der Waals surface area contributed by atoms with Crippen LogP contribution in [-0.2, 0) is 0 Å². The molecule has 2 saturated carbocycles. The van der Waals surface area contributed by atoms with Gasteiger partial charge in [-0.05, 0) is 92.7 Å². The van der Waals surface area contributed by atoms with Gasteiger partial charge in [-0.1, -0.05) is 30.4 Å². The Kier molecular flexibility index (Phi) is 6.30. The molecule has 0 aliphatic heterocycles. The van der Waals surface area contributed by atoms with Crippen molar-refractivity contribution in [3.8, 4) is 12.1 Å². The zero-order valence-corrected chi connectivity index (χ0v) is 15.5. The van der Waals surface area contributed by atoms with Crippen molar-refractivity contribution in [2.45, 2.75) is 57.3 Å². The molecule has 26 heavy (non-hydrogen) atoms. The van der Waals surface area contributed by atoms with Gasteiger partial charge >= 0.3 is 0 Å². The maximum Gasteiger partial charge on any atom is 0.0991 e. The highest BCUT2D eigenvalue weighted by molar-refractivity contribution is 5.33. The summed E-state index contributed by atoms with van der Waals surface area (Å²) in [7, 11) is 0. The third-order valence-corrected chi connectivity index (χ3v) is 6.50. The quantitative estimate of drug-likeness (QED) is 0.477. The van der Waals surface area contributed by atoms with Crippen molar-refractivity contribution < 1.29 is 0 Å².